The Morgan fingerprint density at radius 2 is 2.18 bits per heavy atom. The van der Waals surface area contributed by atoms with Crippen LogP contribution in [0.2, 0.25) is 0 Å². The van der Waals surface area contributed by atoms with Crippen LogP contribution in [0, 0.1) is 19.3 Å². The lowest BCUT2D eigenvalue weighted by Crippen LogP contribution is -2.33. The van der Waals surface area contributed by atoms with Crippen molar-refractivity contribution in [3.05, 3.63) is 28.2 Å². The van der Waals surface area contributed by atoms with E-state index in [0.29, 0.717) is 12.0 Å². The number of halogens is 1. The van der Waals surface area contributed by atoms with Crippen LogP contribution in [0.4, 0.5) is 0 Å². The summed E-state index contributed by atoms with van der Waals surface area (Å²) in [5.74, 6) is 2.41. The molecule has 0 aliphatic heterocycles. The number of rotatable bonds is 4. The van der Waals surface area contributed by atoms with Gasteiger partial charge in [0.2, 0.25) is 10.0 Å². The zero-order valence-electron chi connectivity index (χ0n) is 9.70. The van der Waals surface area contributed by atoms with Crippen molar-refractivity contribution in [2.75, 3.05) is 0 Å². The topological polar surface area (TPSA) is 46.2 Å². The van der Waals surface area contributed by atoms with Crippen LogP contribution in [-0.4, -0.2) is 14.5 Å². The highest BCUT2D eigenvalue weighted by atomic mass is 79.9. The number of aryl methyl sites for hydroxylation is 1. The molecule has 0 radical (unpaired) electrons. The molecule has 92 valence electrons. The Kier molecular flexibility index (Phi) is 4.75. The Balaban J connectivity index is 3.14. The standard InChI is InChI=1S/C12H14BrNO2S/c1-4-11(5-2)14-17(15,16)12-8-10(13)7-6-9(12)3/h1,6-8,11,14H,5H2,2-3H3. The van der Waals surface area contributed by atoms with Crippen molar-refractivity contribution in [2.24, 2.45) is 0 Å². The molecule has 1 rings (SSSR count). The summed E-state index contributed by atoms with van der Waals surface area (Å²) in [7, 11) is -3.56. The normalized spacial score (nSPS) is 13.1. The quantitative estimate of drug-likeness (QED) is 0.867. The van der Waals surface area contributed by atoms with Crippen LogP contribution in [0.15, 0.2) is 27.6 Å². The first-order chi connectivity index (χ1) is 7.90. The number of benzene rings is 1. The second kappa shape index (κ2) is 5.67. The summed E-state index contributed by atoms with van der Waals surface area (Å²) in [6, 6.07) is 4.64. The molecule has 0 heterocycles. The van der Waals surface area contributed by atoms with Gasteiger partial charge in [0.25, 0.3) is 0 Å². The van der Waals surface area contributed by atoms with E-state index in [9.17, 15) is 8.42 Å². The van der Waals surface area contributed by atoms with Gasteiger partial charge in [0, 0.05) is 4.47 Å². The molecule has 1 atom stereocenters. The van der Waals surface area contributed by atoms with Crippen LogP contribution < -0.4 is 4.72 Å². The van der Waals surface area contributed by atoms with Crippen LogP contribution in [-0.2, 0) is 10.0 Å². The minimum atomic E-state index is -3.56. The summed E-state index contributed by atoms with van der Waals surface area (Å²) in [5.41, 5.74) is 0.688. The summed E-state index contributed by atoms with van der Waals surface area (Å²) in [5, 5.41) is 0. The number of hydrogen-bond acceptors (Lipinski definition) is 2. The van der Waals surface area contributed by atoms with Crippen LogP contribution in [0.25, 0.3) is 0 Å². The van der Waals surface area contributed by atoms with Crippen molar-refractivity contribution in [1.29, 1.82) is 0 Å². The van der Waals surface area contributed by atoms with Gasteiger partial charge in [-0.05, 0) is 31.0 Å². The van der Waals surface area contributed by atoms with Gasteiger partial charge in [-0.2, -0.15) is 4.72 Å². The third-order valence-corrected chi connectivity index (χ3v) is 4.45. The molecule has 0 aromatic heterocycles. The second-order valence-corrected chi connectivity index (χ2v) is 6.26. The fourth-order valence-electron chi connectivity index (χ4n) is 1.35. The molecule has 5 heteroatoms. The number of hydrogen-bond donors (Lipinski definition) is 1. The molecule has 17 heavy (non-hydrogen) atoms. The average molecular weight is 316 g/mol. The summed E-state index contributed by atoms with van der Waals surface area (Å²) in [6.45, 7) is 3.58. The lowest BCUT2D eigenvalue weighted by molar-refractivity contribution is 0.570. The van der Waals surface area contributed by atoms with Gasteiger partial charge < -0.3 is 0 Å². The van der Waals surface area contributed by atoms with E-state index in [1.54, 1.807) is 25.1 Å². The summed E-state index contributed by atoms with van der Waals surface area (Å²) in [6.07, 6.45) is 5.81. The van der Waals surface area contributed by atoms with E-state index in [2.05, 4.69) is 26.6 Å². The summed E-state index contributed by atoms with van der Waals surface area (Å²) < 4.78 is 27.4. The SMILES string of the molecule is C#CC(CC)NS(=O)(=O)c1cc(Br)ccc1C. The maximum atomic E-state index is 12.1. The largest absolute Gasteiger partial charge is 0.241 e. The zero-order chi connectivity index (χ0) is 13.1. The van der Waals surface area contributed by atoms with Crippen molar-refractivity contribution in [2.45, 2.75) is 31.2 Å². The van der Waals surface area contributed by atoms with E-state index in [1.807, 2.05) is 6.92 Å². The first-order valence-electron chi connectivity index (χ1n) is 5.15. The third-order valence-electron chi connectivity index (χ3n) is 2.35. The van der Waals surface area contributed by atoms with Crippen molar-refractivity contribution in [1.82, 2.24) is 4.72 Å². The Morgan fingerprint density at radius 1 is 1.53 bits per heavy atom. The van der Waals surface area contributed by atoms with Gasteiger partial charge >= 0.3 is 0 Å². The Morgan fingerprint density at radius 3 is 2.71 bits per heavy atom. The maximum Gasteiger partial charge on any atom is 0.241 e. The molecule has 1 aromatic rings. The molecule has 0 bridgehead atoms. The molecule has 0 spiro atoms. The first kappa shape index (κ1) is 14.2. The molecule has 3 nitrogen and oxygen atoms in total. The van der Waals surface area contributed by atoms with Crippen LogP contribution in [0.1, 0.15) is 18.9 Å². The van der Waals surface area contributed by atoms with Gasteiger partial charge in [0.05, 0.1) is 10.9 Å². The van der Waals surface area contributed by atoms with Gasteiger partial charge in [-0.15, -0.1) is 6.42 Å². The minimum absolute atomic E-state index is 0.251. The minimum Gasteiger partial charge on any atom is -0.207 e. The average Bonchev–Trinajstić information content (AvgIpc) is 2.29. The molecule has 0 amide bonds. The predicted octanol–water partition coefficient (Wildman–Crippen LogP) is 2.45. The van der Waals surface area contributed by atoms with E-state index in [0.717, 1.165) is 4.47 Å². The number of sulfonamides is 1. The van der Waals surface area contributed by atoms with E-state index in [1.165, 1.54) is 0 Å². The van der Waals surface area contributed by atoms with E-state index >= 15 is 0 Å². The second-order valence-electron chi connectivity index (χ2n) is 3.66. The highest BCUT2D eigenvalue weighted by Crippen LogP contribution is 2.20. The molecule has 0 saturated carbocycles. The van der Waals surface area contributed by atoms with E-state index < -0.39 is 16.1 Å². The first-order valence-corrected chi connectivity index (χ1v) is 7.43. The number of nitrogens with one attached hydrogen (secondary N) is 1. The van der Waals surface area contributed by atoms with Crippen molar-refractivity contribution >= 4 is 26.0 Å². The highest BCUT2D eigenvalue weighted by Gasteiger charge is 2.19. The van der Waals surface area contributed by atoms with E-state index in [4.69, 9.17) is 6.42 Å². The number of terminal acetylenes is 1. The molecule has 1 aromatic carbocycles. The van der Waals surface area contributed by atoms with Gasteiger partial charge in [-0.3, -0.25) is 0 Å². The highest BCUT2D eigenvalue weighted by molar-refractivity contribution is 9.10. The smallest absolute Gasteiger partial charge is 0.207 e. The molecule has 1 N–H and O–H groups in total. The molecule has 0 aliphatic carbocycles. The fraction of sp³-hybridized carbons (Fsp3) is 0.333. The van der Waals surface area contributed by atoms with Crippen molar-refractivity contribution in [3.8, 4) is 12.3 Å². The molecular weight excluding hydrogens is 302 g/mol. The molecule has 0 saturated heterocycles. The Bertz CT molecular complexity index is 546. The molecule has 0 fully saturated rings. The lowest BCUT2D eigenvalue weighted by atomic mass is 10.2. The summed E-state index contributed by atoms with van der Waals surface area (Å²) in [4.78, 5) is 0.251. The van der Waals surface area contributed by atoms with E-state index in [-0.39, 0.29) is 4.90 Å². The zero-order valence-corrected chi connectivity index (χ0v) is 12.1. The molecular formula is C12H14BrNO2S. The lowest BCUT2D eigenvalue weighted by Gasteiger charge is -2.13. The van der Waals surface area contributed by atoms with Crippen molar-refractivity contribution in [3.63, 3.8) is 0 Å². The Labute approximate surface area is 111 Å². The van der Waals surface area contributed by atoms with Crippen molar-refractivity contribution < 1.29 is 8.42 Å². The van der Waals surface area contributed by atoms with Gasteiger partial charge in [-0.25, -0.2) is 8.42 Å². The molecule has 1 unspecified atom stereocenters. The fourth-order valence-corrected chi connectivity index (χ4v) is 3.37. The van der Waals surface area contributed by atoms with Gasteiger partial charge in [0.15, 0.2) is 0 Å². The van der Waals surface area contributed by atoms with Crippen LogP contribution >= 0.6 is 15.9 Å². The van der Waals surface area contributed by atoms with Crippen LogP contribution in [0.3, 0.4) is 0 Å². The van der Waals surface area contributed by atoms with Gasteiger partial charge in [-0.1, -0.05) is 34.8 Å². The predicted molar refractivity (Wildman–Crippen MR) is 72.1 cm³/mol. The molecule has 0 aliphatic rings. The van der Waals surface area contributed by atoms with Gasteiger partial charge in [0.1, 0.15) is 0 Å². The maximum absolute atomic E-state index is 12.1. The monoisotopic (exact) mass is 315 g/mol. The third kappa shape index (κ3) is 3.56. The summed E-state index contributed by atoms with van der Waals surface area (Å²) >= 11 is 3.26. The Hall–Kier alpha value is -0.830. The van der Waals surface area contributed by atoms with Crippen LogP contribution in [0.5, 0.6) is 0 Å².